The first-order chi connectivity index (χ1) is 21.6. The highest BCUT2D eigenvalue weighted by Gasteiger charge is 2.33. The first-order valence-electron chi connectivity index (χ1n) is 15.9. The number of fused-ring (bicyclic) bond motifs is 1. The van der Waals surface area contributed by atoms with Crippen molar-refractivity contribution in [2.24, 2.45) is 0 Å². The van der Waals surface area contributed by atoms with Gasteiger partial charge in [0.1, 0.15) is 29.3 Å². The van der Waals surface area contributed by atoms with Gasteiger partial charge in [-0.2, -0.15) is 0 Å². The molecule has 45 heavy (non-hydrogen) atoms. The maximum atomic E-state index is 13.7. The Morgan fingerprint density at radius 1 is 1.11 bits per heavy atom. The van der Waals surface area contributed by atoms with Crippen molar-refractivity contribution in [3.63, 3.8) is 0 Å². The smallest absolute Gasteiger partial charge is 0.410 e. The molecule has 2 aliphatic heterocycles. The van der Waals surface area contributed by atoms with E-state index < -0.39 is 5.60 Å². The van der Waals surface area contributed by atoms with Gasteiger partial charge in [0.05, 0.1) is 17.8 Å². The van der Waals surface area contributed by atoms with E-state index in [2.05, 4.69) is 32.4 Å². The molecule has 0 atom stereocenters. The summed E-state index contributed by atoms with van der Waals surface area (Å²) in [7, 11) is 2.10. The number of anilines is 2. The molecular formula is C32H46N10O3. The second-order valence-corrected chi connectivity index (χ2v) is 12.6. The second-order valence-electron chi connectivity index (χ2n) is 12.6. The zero-order valence-corrected chi connectivity index (χ0v) is 27.4. The Balaban J connectivity index is 1.21. The quantitative estimate of drug-likeness (QED) is 0.340. The number of nitrogens with zero attached hydrogens (tertiary/aromatic N) is 9. The summed E-state index contributed by atoms with van der Waals surface area (Å²) >= 11 is 0. The molecule has 5 heterocycles. The van der Waals surface area contributed by atoms with Crippen LogP contribution in [0.1, 0.15) is 62.7 Å². The van der Waals surface area contributed by atoms with Gasteiger partial charge < -0.3 is 24.4 Å². The number of rotatable bonds is 11. The number of piperazine rings is 1. The number of aryl methyl sites for hydroxylation is 1. The Labute approximate surface area is 265 Å². The lowest BCUT2D eigenvalue weighted by Gasteiger charge is -2.35. The fourth-order valence-electron chi connectivity index (χ4n) is 5.72. The Kier molecular flexibility index (Phi) is 9.98. The molecule has 1 fully saturated rings. The molecule has 13 nitrogen and oxygen atoms in total. The Bertz CT molecular complexity index is 1490. The summed E-state index contributed by atoms with van der Waals surface area (Å²) in [6.07, 6.45) is 2.44. The first kappa shape index (κ1) is 32.3. The monoisotopic (exact) mass is 618 g/mol. The van der Waals surface area contributed by atoms with Crippen molar-refractivity contribution in [3.05, 3.63) is 47.4 Å². The lowest BCUT2D eigenvalue weighted by molar-refractivity contribution is 0.0143. The van der Waals surface area contributed by atoms with Crippen molar-refractivity contribution in [2.75, 3.05) is 63.1 Å². The lowest BCUT2D eigenvalue weighted by atomic mass is 10.1. The van der Waals surface area contributed by atoms with Gasteiger partial charge in [0.15, 0.2) is 5.82 Å². The van der Waals surface area contributed by atoms with E-state index in [-0.39, 0.29) is 12.0 Å². The summed E-state index contributed by atoms with van der Waals surface area (Å²) in [5.74, 6) is 1.88. The lowest BCUT2D eigenvalue weighted by Crippen LogP contribution is -2.50. The average Bonchev–Trinajstić information content (AvgIpc) is 3.62. The molecule has 1 N–H and O–H groups in total. The summed E-state index contributed by atoms with van der Waals surface area (Å²) in [6.45, 7) is 17.1. The van der Waals surface area contributed by atoms with Crippen LogP contribution in [0.25, 0.3) is 11.5 Å². The van der Waals surface area contributed by atoms with Gasteiger partial charge in [-0.25, -0.2) is 14.8 Å². The highest BCUT2D eigenvalue weighted by molar-refractivity contribution is 6.10. The van der Waals surface area contributed by atoms with Crippen LogP contribution in [0.15, 0.2) is 30.6 Å². The largest absolute Gasteiger partial charge is 0.444 e. The number of nitrogens with one attached hydrogen (secondary N) is 1. The SMILES string of the molecule is CCNc1cc2c(c(CN(C)CCCN3CCN(C(=O)OC(C)(C)C)CC3)n1)CN(c1cccc(-c3nncn3CC)n1)C2=O. The summed E-state index contributed by atoms with van der Waals surface area (Å²) in [5.41, 5.74) is 2.69. The maximum Gasteiger partial charge on any atom is 0.410 e. The van der Waals surface area contributed by atoms with Crippen molar-refractivity contribution in [2.45, 2.75) is 66.3 Å². The topological polar surface area (TPSA) is 125 Å². The van der Waals surface area contributed by atoms with E-state index in [1.165, 1.54) is 0 Å². The van der Waals surface area contributed by atoms with E-state index >= 15 is 0 Å². The molecule has 0 spiro atoms. The Hall–Kier alpha value is -4.10. The van der Waals surface area contributed by atoms with Crippen molar-refractivity contribution in [3.8, 4) is 11.5 Å². The van der Waals surface area contributed by atoms with Crippen LogP contribution in [0.5, 0.6) is 0 Å². The molecule has 0 unspecified atom stereocenters. The molecule has 2 amide bonds. The van der Waals surface area contributed by atoms with Crippen LogP contribution < -0.4 is 10.2 Å². The van der Waals surface area contributed by atoms with Gasteiger partial charge in [-0.1, -0.05) is 6.07 Å². The molecule has 2 aliphatic rings. The van der Waals surface area contributed by atoms with E-state index in [9.17, 15) is 9.59 Å². The van der Waals surface area contributed by atoms with Gasteiger partial charge >= 0.3 is 6.09 Å². The minimum absolute atomic E-state index is 0.0809. The number of aromatic nitrogens is 5. The van der Waals surface area contributed by atoms with Crippen molar-refractivity contribution in [1.82, 2.24) is 39.4 Å². The van der Waals surface area contributed by atoms with Crippen LogP contribution in [-0.4, -0.2) is 110 Å². The van der Waals surface area contributed by atoms with Crippen LogP contribution in [0.4, 0.5) is 16.4 Å². The van der Waals surface area contributed by atoms with Crippen LogP contribution in [0.2, 0.25) is 0 Å². The third-order valence-electron chi connectivity index (χ3n) is 8.01. The fraction of sp³-hybridized carbons (Fsp3) is 0.562. The molecule has 0 aromatic carbocycles. The number of amides is 2. The van der Waals surface area contributed by atoms with Gasteiger partial charge in [0.2, 0.25) is 0 Å². The highest BCUT2D eigenvalue weighted by atomic mass is 16.6. The molecule has 0 radical (unpaired) electrons. The second kappa shape index (κ2) is 13.9. The molecule has 0 saturated carbocycles. The van der Waals surface area contributed by atoms with E-state index in [4.69, 9.17) is 14.7 Å². The van der Waals surface area contributed by atoms with Crippen LogP contribution >= 0.6 is 0 Å². The van der Waals surface area contributed by atoms with Crippen molar-refractivity contribution in [1.29, 1.82) is 0 Å². The van der Waals surface area contributed by atoms with Crippen LogP contribution in [-0.2, 0) is 24.4 Å². The Morgan fingerprint density at radius 2 is 1.89 bits per heavy atom. The van der Waals surface area contributed by atoms with Gasteiger partial charge in [0, 0.05) is 51.4 Å². The summed E-state index contributed by atoms with van der Waals surface area (Å²) in [4.78, 5) is 44.0. The third-order valence-corrected chi connectivity index (χ3v) is 8.01. The minimum Gasteiger partial charge on any atom is -0.444 e. The minimum atomic E-state index is -0.481. The molecule has 3 aromatic rings. The molecule has 13 heteroatoms. The molecular weight excluding hydrogens is 572 g/mol. The summed E-state index contributed by atoms with van der Waals surface area (Å²) in [6, 6.07) is 7.51. The van der Waals surface area contributed by atoms with Crippen molar-refractivity contribution >= 4 is 23.6 Å². The van der Waals surface area contributed by atoms with Gasteiger partial charge in [-0.3, -0.25) is 14.6 Å². The molecule has 0 bridgehead atoms. The summed E-state index contributed by atoms with van der Waals surface area (Å²) < 4.78 is 7.45. The molecule has 1 saturated heterocycles. The zero-order valence-electron chi connectivity index (χ0n) is 27.4. The number of hydrogen-bond donors (Lipinski definition) is 1. The number of ether oxygens (including phenoxy) is 1. The predicted molar refractivity (Wildman–Crippen MR) is 173 cm³/mol. The predicted octanol–water partition coefficient (Wildman–Crippen LogP) is 3.72. The molecule has 5 rings (SSSR count). The average molecular weight is 619 g/mol. The van der Waals surface area contributed by atoms with Crippen LogP contribution in [0.3, 0.4) is 0 Å². The number of hydrogen-bond acceptors (Lipinski definition) is 10. The zero-order chi connectivity index (χ0) is 32.1. The molecule has 242 valence electrons. The maximum absolute atomic E-state index is 13.7. The van der Waals surface area contributed by atoms with Gasteiger partial charge in [-0.05, 0) is 79.4 Å². The Morgan fingerprint density at radius 3 is 2.60 bits per heavy atom. The van der Waals surface area contributed by atoms with Crippen LogP contribution in [0, 0.1) is 0 Å². The normalized spacial score (nSPS) is 15.6. The van der Waals surface area contributed by atoms with E-state index in [0.717, 1.165) is 50.4 Å². The van der Waals surface area contributed by atoms with E-state index in [1.54, 1.807) is 16.1 Å². The van der Waals surface area contributed by atoms with E-state index in [1.807, 2.05) is 63.5 Å². The van der Waals surface area contributed by atoms with Gasteiger partial charge in [-0.15, -0.1) is 10.2 Å². The van der Waals surface area contributed by atoms with Crippen molar-refractivity contribution < 1.29 is 14.3 Å². The number of pyridine rings is 2. The van der Waals surface area contributed by atoms with E-state index in [0.29, 0.717) is 61.4 Å². The highest BCUT2D eigenvalue weighted by Crippen LogP contribution is 2.32. The third kappa shape index (κ3) is 7.77. The first-order valence-corrected chi connectivity index (χ1v) is 15.9. The molecule has 0 aliphatic carbocycles. The number of carbonyl (C=O) groups excluding carboxylic acids is 2. The summed E-state index contributed by atoms with van der Waals surface area (Å²) in [5, 5.41) is 11.6. The fourth-order valence-corrected chi connectivity index (χ4v) is 5.72. The van der Waals surface area contributed by atoms with Gasteiger partial charge in [0.25, 0.3) is 5.91 Å². The number of carbonyl (C=O) groups is 2. The standard InChI is InChI=1S/C32H46N10O3/c1-7-33-27-19-23-24(20-42(30(23)43)28-12-9-11-25(36-28)29-37-34-22-40(29)8-2)26(35-27)21-38(6)13-10-14-39-15-17-41(18-16-39)31(44)45-32(3,4)5/h9,11-12,19,22H,7-8,10,13-18,20-21H2,1-6H3,(H,33,35). The molecule has 3 aromatic heterocycles.